The van der Waals surface area contributed by atoms with Crippen LogP contribution in [-0.4, -0.2) is 31.3 Å². The summed E-state index contributed by atoms with van der Waals surface area (Å²) in [5.74, 6) is 1.55. The quantitative estimate of drug-likeness (QED) is 0.410. The van der Waals surface area contributed by atoms with Crippen LogP contribution < -0.4 is 14.8 Å². The Morgan fingerprint density at radius 3 is 2.63 bits per heavy atom. The maximum Gasteiger partial charge on any atom is 0.231 e. The molecule has 35 heavy (non-hydrogen) atoms. The molecule has 3 aromatic heterocycles. The fraction of sp³-hybridized carbons (Fsp3) is 0.222. The second-order valence-electron chi connectivity index (χ2n) is 8.81. The van der Waals surface area contributed by atoms with E-state index < -0.39 is 0 Å². The summed E-state index contributed by atoms with van der Waals surface area (Å²) in [6.45, 7) is 5.23. The first-order valence-electron chi connectivity index (χ1n) is 11.6. The predicted molar refractivity (Wildman–Crippen MR) is 137 cm³/mol. The van der Waals surface area contributed by atoms with Crippen LogP contribution in [0.5, 0.6) is 11.5 Å². The molecule has 0 amide bonds. The average molecular weight is 484 g/mol. The molecule has 6 rings (SSSR count). The highest BCUT2D eigenvalue weighted by molar-refractivity contribution is 7.80. The van der Waals surface area contributed by atoms with Gasteiger partial charge in [0.2, 0.25) is 6.79 Å². The number of nitrogens with one attached hydrogen (secondary N) is 1. The minimum atomic E-state index is -0.0729. The summed E-state index contributed by atoms with van der Waals surface area (Å²) in [7, 11) is 0. The Balaban J connectivity index is 1.45. The number of hydrogen-bond acceptors (Lipinski definition) is 5. The van der Waals surface area contributed by atoms with Gasteiger partial charge in [-0.2, -0.15) is 0 Å². The van der Waals surface area contributed by atoms with Gasteiger partial charge in [0.25, 0.3) is 0 Å². The first-order valence-corrected chi connectivity index (χ1v) is 12.0. The normalized spacial score (nSPS) is 18.7. The molecule has 5 heterocycles. The van der Waals surface area contributed by atoms with Crippen LogP contribution in [0.2, 0.25) is 0 Å². The van der Waals surface area contributed by atoms with E-state index in [0.29, 0.717) is 6.54 Å². The van der Waals surface area contributed by atoms with Gasteiger partial charge in [0, 0.05) is 48.3 Å². The Morgan fingerprint density at radius 1 is 1.00 bits per heavy atom. The van der Waals surface area contributed by atoms with Gasteiger partial charge < -0.3 is 24.3 Å². The first-order chi connectivity index (χ1) is 17.1. The van der Waals surface area contributed by atoms with Gasteiger partial charge in [0.1, 0.15) is 0 Å². The molecule has 0 saturated carbocycles. The topological polar surface area (TPSA) is 64.4 Å². The molecule has 0 bridgehead atoms. The van der Waals surface area contributed by atoms with E-state index in [1.807, 2.05) is 55.0 Å². The van der Waals surface area contributed by atoms with E-state index in [-0.39, 0.29) is 18.9 Å². The molecule has 1 N–H and O–H groups in total. The van der Waals surface area contributed by atoms with E-state index in [4.69, 9.17) is 21.7 Å². The third-order valence-corrected chi connectivity index (χ3v) is 7.06. The highest BCUT2D eigenvalue weighted by Crippen LogP contribution is 2.43. The zero-order chi connectivity index (χ0) is 23.9. The van der Waals surface area contributed by atoms with Crippen molar-refractivity contribution in [1.82, 2.24) is 24.8 Å². The molecule has 7 nitrogen and oxygen atoms in total. The van der Waals surface area contributed by atoms with Gasteiger partial charge in [-0.05, 0) is 79.7 Å². The number of benzene rings is 1. The van der Waals surface area contributed by atoms with Gasteiger partial charge >= 0.3 is 0 Å². The van der Waals surface area contributed by atoms with Crippen molar-refractivity contribution in [1.29, 1.82) is 0 Å². The molecule has 0 spiro atoms. The first kappa shape index (κ1) is 21.6. The molecule has 2 aliphatic heterocycles. The van der Waals surface area contributed by atoms with Crippen LogP contribution in [0.25, 0.3) is 5.69 Å². The molecular formula is C27H25N5O2S. The van der Waals surface area contributed by atoms with Gasteiger partial charge in [-0.25, -0.2) is 0 Å². The number of nitrogens with zero attached hydrogens (tertiary/aromatic N) is 4. The lowest BCUT2D eigenvalue weighted by Gasteiger charge is -2.28. The fourth-order valence-corrected chi connectivity index (χ4v) is 5.41. The highest BCUT2D eigenvalue weighted by atomic mass is 32.1. The van der Waals surface area contributed by atoms with Gasteiger partial charge in [-0.3, -0.25) is 9.97 Å². The number of hydrogen-bond donors (Lipinski definition) is 1. The minimum Gasteiger partial charge on any atom is -0.454 e. The van der Waals surface area contributed by atoms with E-state index in [1.165, 1.54) is 5.56 Å². The number of thiocarbonyl (C=S) groups is 1. The molecule has 0 radical (unpaired) electrons. The van der Waals surface area contributed by atoms with E-state index in [2.05, 4.69) is 56.8 Å². The highest BCUT2D eigenvalue weighted by Gasteiger charge is 2.41. The molecule has 1 fully saturated rings. The van der Waals surface area contributed by atoms with Crippen molar-refractivity contribution in [2.45, 2.75) is 32.5 Å². The summed E-state index contributed by atoms with van der Waals surface area (Å²) >= 11 is 5.86. The van der Waals surface area contributed by atoms with Crippen LogP contribution in [0.15, 0.2) is 73.2 Å². The van der Waals surface area contributed by atoms with Crippen molar-refractivity contribution in [3.63, 3.8) is 0 Å². The van der Waals surface area contributed by atoms with Crippen LogP contribution >= 0.6 is 12.2 Å². The molecule has 1 aromatic carbocycles. The summed E-state index contributed by atoms with van der Waals surface area (Å²) in [6.07, 6.45) is 5.47. The van der Waals surface area contributed by atoms with E-state index >= 15 is 0 Å². The lowest BCUT2D eigenvalue weighted by Crippen LogP contribution is -2.29. The molecule has 0 unspecified atom stereocenters. The third-order valence-electron chi connectivity index (χ3n) is 6.70. The number of ether oxygens (including phenoxy) is 2. The molecule has 8 heteroatoms. The maximum atomic E-state index is 5.86. The fourth-order valence-electron chi connectivity index (χ4n) is 5.11. The van der Waals surface area contributed by atoms with Crippen molar-refractivity contribution in [3.8, 4) is 17.2 Å². The van der Waals surface area contributed by atoms with Crippen LogP contribution in [0.3, 0.4) is 0 Å². The Kier molecular flexibility index (Phi) is 5.37. The Bertz CT molecular complexity index is 1390. The van der Waals surface area contributed by atoms with Crippen molar-refractivity contribution in [3.05, 3.63) is 101 Å². The van der Waals surface area contributed by atoms with Crippen molar-refractivity contribution in [2.24, 2.45) is 0 Å². The monoisotopic (exact) mass is 483 g/mol. The van der Waals surface area contributed by atoms with Crippen molar-refractivity contribution >= 4 is 17.3 Å². The summed E-state index contributed by atoms with van der Waals surface area (Å²) in [4.78, 5) is 11.1. The maximum absolute atomic E-state index is 5.86. The molecule has 4 aromatic rings. The van der Waals surface area contributed by atoms with Crippen LogP contribution in [0.4, 0.5) is 0 Å². The van der Waals surface area contributed by atoms with Crippen LogP contribution in [0.1, 0.15) is 40.3 Å². The third kappa shape index (κ3) is 3.80. The number of fused-ring (bicyclic) bond motifs is 1. The zero-order valence-electron chi connectivity index (χ0n) is 19.5. The zero-order valence-corrected chi connectivity index (χ0v) is 20.3. The molecular weight excluding hydrogens is 458 g/mol. The summed E-state index contributed by atoms with van der Waals surface area (Å²) < 4.78 is 13.4. The number of pyridine rings is 2. The Labute approximate surface area is 209 Å². The van der Waals surface area contributed by atoms with Crippen LogP contribution in [0, 0.1) is 13.8 Å². The largest absolute Gasteiger partial charge is 0.454 e. The van der Waals surface area contributed by atoms with Crippen molar-refractivity contribution < 1.29 is 9.47 Å². The average Bonchev–Trinajstić information content (AvgIpc) is 3.56. The lowest BCUT2D eigenvalue weighted by molar-refractivity contribution is 0.174. The molecule has 0 aliphatic carbocycles. The second-order valence-corrected chi connectivity index (χ2v) is 9.20. The van der Waals surface area contributed by atoms with Gasteiger partial charge in [0.05, 0.1) is 17.8 Å². The smallest absolute Gasteiger partial charge is 0.231 e. The second kappa shape index (κ2) is 8.70. The van der Waals surface area contributed by atoms with Gasteiger partial charge in [-0.1, -0.05) is 6.07 Å². The summed E-state index contributed by atoms with van der Waals surface area (Å²) in [5.41, 5.74) is 6.65. The lowest BCUT2D eigenvalue weighted by atomic mass is 9.96. The Hall–Kier alpha value is -3.91. The van der Waals surface area contributed by atoms with Gasteiger partial charge in [0.15, 0.2) is 16.6 Å². The SMILES string of the molecule is Cc1cc([C@H]2[C@H](c3ccccn3)NC(=S)N2Cc2ccncc2)c(C)n1-c1ccc2c(c1)OCO2. The van der Waals surface area contributed by atoms with Crippen LogP contribution in [-0.2, 0) is 6.54 Å². The molecule has 1 saturated heterocycles. The molecule has 2 aliphatic rings. The standard InChI is InChI=1S/C27H25N5O2S/c1-17-13-21(18(2)32(17)20-6-7-23-24(14-20)34-16-33-23)26-25(22-5-3-4-10-29-22)30-27(35)31(26)15-19-8-11-28-12-9-19/h3-14,25-26H,15-16H2,1-2H3,(H,30,35)/t25-,26-/m0/s1. The van der Waals surface area contributed by atoms with E-state index in [1.54, 1.807) is 0 Å². The van der Waals surface area contributed by atoms with Crippen molar-refractivity contribution in [2.75, 3.05) is 6.79 Å². The Morgan fingerprint density at radius 2 is 1.83 bits per heavy atom. The van der Waals surface area contributed by atoms with Gasteiger partial charge in [-0.15, -0.1) is 0 Å². The predicted octanol–water partition coefficient (Wildman–Crippen LogP) is 4.79. The molecule has 176 valence electrons. The van der Waals surface area contributed by atoms with E-state index in [9.17, 15) is 0 Å². The number of aryl methyl sites for hydroxylation is 1. The molecule has 2 atom stereocenters. The summed E-state index contributed by atoms with van der Waals surface area (Å²) in [6, 6.07) is 18.3. The minimum absolute atomic E-state index is 0.0282. The number of aromatic nitrogens is 3. The number of rotatable bonds is 5. The summed E-state index contributed by atoms with van der Waals surface area (Å²) in [5, 5.41) is 4.27. The van der Waals surface area contributed by atoms with E-state index in [0.717, 1.165) is 44.9 Å².